The Hall–Kier alpha value is -0.610. The van der Waals surface area contributed by atoms with Gasteiger partial charge in [-0.25, -0.2) is 0 Å². The van der Waals surface area contributed by atoms with Crippen LogP contribution < -0.4 is 10.6 Å². The van der Waals surface area contributed by atoms with E-state index in [4.69, 9.17) is 0 Å². The maximum absolute atomic E-state index is 11.3. The van der Waals surface area contributed by atoms with Crippen molar-refractivity contribution < 1.29 is 4.79 Å². The van der Waals surface area contributed by atoms with Crippen LogP contribution in [-0.4, -0.2) is 50.6 Å². The summed E-state index contributed by atoms with van der Waals surface area (Å²) >= 11 is 0. The van der Waals surface area contributed by atoms with E-state index in [-0.39, 0.29) is 11.8 Å². The van der Waals surface area contributed by atoms with Crippen LogP contribution >= 0.6 is 0 Å². The zero-order chi connectivity index (χ0) is 12.6. The number of hydrogen-bond donors (Lipinski definition) is 2. The SMILES string of the molecule is CNC(=O)C(C)CN(C)CCCNC(C)C. The summed E-state index contributed by atoms with van der Waals surface area (Å²) in [6.07, 6.45) is 1.12. The zero-order valence-electron chi connectivity index (χ0n) is 11.3. The molecule has 4 nitrogen and oxygen atoms in total. The van der Waals surface area contributed by atoms with Crippen LogP contribution in [0.25, 0.3) is 0 Å². The second-order valence-electron chi connectivity index (χ2n) is 4.74. The lowest BCUT2D eigenvalue weighted by molar-refractivity contribution is -0.124. The molecule has 0 aliphatic heterocycles. The van der Waals surface area contributed by atoms with Crippen molar-refractivity contribution in [3.63, 3.8) is 0 Å². The topological polar surface area (TPSA) is 44.4 Å². The molecular formula is C12H27N3O. The van der Waals surface area contributed by atoms with Crippen molar-refractivity contribution in [3.8, 4) is 0 Å². The van der Waals surface area contributed by atoms with Crippen molar-refractivity contribution in [2.24, 2.45) is 5.92 Å². The Morgan fingerprint density at radius 1 is 1.31 bits per heavy atom. The molecule has 0 rings (SSSR count). The summed E-state index contributed by atoms with van der Waals surface area (Å²) in [5.41, 5.74) is 0. The molecule has 4 heteroatoms. The number of amides is 1. The van der Waals surface area contributed by atoms with Gasteiger partial charge >= 0.3 is 0 Å². The molecule has 0 heterocycles. The summed E-state index contributed by atoms with van der Waals surface area (Å²) in [5.74, 6) is 0.181. The molecular weight excluding hydrogens is 202 g/mol. The van der Waals surface area contributed by atoms with E-state index in [9.17, 15) is 4.79 Å². The summed E-state index contributed by atoms with van der Waals surface area (Å²) in [4.78, 5) is 13.5. The van der Waals surface area contributed by atoms with Crippen LogP contribution in [0.15, 0.2) is 0 Å². The summed E-state index contributed by atoms with van der Waals surface area (Å²) in [6.45, 7) is 9.15. The number of carbonyl (C=O) groups excluding carboxylic acids is 1. The van der Waals surface area contributed by atoms with Crippen molar-refractivity contribution in [2.75, 3.05) is 33.7 Å². The van der Waals surface area contributed by atoms with Gasteiger partial charge in [-0.1, -0.05) is 20.8 Å². The maximum Gasteiger partial charge on any atom is 0.223 e. The highest BCUT2D eigenvalue weighted by Crippen LogP contribution is 1.98. The minimum absolute atomic E-state index is 0.0630. The van der Waals surface area contributed by atoms with Gasteiger partial charge in [-0.05, 0) is 26.6 Å². The van der Waals surface area contributed by atoms with Crippen molar-refractivity contribution in [1.29, 1.82) is 0 Å². The molecule has 0 bridgehead atoms. The molecule has 0 aromatic carbocycles. The fraction of sp³-hybridized carbons (Fsp3) is 0.917. The van der Waals surface area contributed by atoms with E-state index in [1.165, 1.54) is 0 Å². The quantitative estimate of drug-likeness (QED) is 0.602. The number of carbonyl (C=O) groups is 1. The van der Waals surface area contributed by atoms with E-state index in [0.29, 0.717) is 6.04 Å². The first-order valence-electron chi connectivity index (χ1n) is 6.10. The zero-order valence-corrected chi connectivity index (χ0v) is 11.3. The van der Waals surface area contributed by atoms with E-state index >= 15 is 0 Å². The molecule has 0 aromatic rings. The Kier molecular flexibility index (Phi) is 8.21. The lowest BCUT2D eigenvalue weighted by Gasteiger charge is -2.20. The maximum atomic E-state index is 11.3. The minimum Gasteiger partial charge on any atom is -0.359 e. The second kappa shape index (κ2) is 8.53. The Labute approximate surface area is 99.8 Å². The van der Waals surface area contributed by atoms with Gasteiger partial charge in [-0.2, -0.15) is 0 Å². The predicted octanol–water partition coefficient (Wildman–Crippen LogP) is 0.688. The fourth-order valence-electron chi connectivity index (χ4n) is 1.63. The molecule has 0 saturated carbocycles. The number of nitrogens with one attached hydrogen (secondary N) is 2. The highest BCUT2D eigenvalue weighted by molar-refractivity contribution is 5.78. The van der Waals surface area contributed by atoms with Crippen LogP contribution in [0.2, 0.25) is 0 Å². The predicted molar refractivity (Wildman–Crippen MR) is 68.5 cm³/mol. The molecule has 0 fully saturated rings. The monoisotopic (exact) mass is 229 g/mol. The molecule has 0 spiro atoms. The molecule has 0 saturated heterocycles. The van der Waals surface area contributed by atoms with Gasteiger partial charge in [-0.15, -0.1) is 0 Å². The van der Waals surface area contributed by atoms with Gasteiger partial charge in [0.1, 0.15) is 0 Å². The van der Waals surface area contributed by atoms with Crippen LogP contribution in [0.4, 0.5) is 0 Å². The molecule has 0 radical (unpaired) electrons. The molecule has 96 valence electrons. The first-order valence-corrected chi connectivity index (χ1v) is 6.10. The van der Waals surface area contributed by atoms with Gasteiger partial charge in [-0.3, -0.25) is 4.79 Å². The summed E-state index contributed by atoms with van der Waals surface area (Å²) in [7, 11) is 3.75. The molecule has 1 unspecified atom stereocenters. The van der Waals surface area contributed by atoms with Crippen molar-refractivity contribution in [1.82, 2.24) is 15.5 Å². The highest BCUT2D eigenvalue weighted by Gasteiger charge is 2.12. The number of hydrogen-bond acceptors (Lipinski definition) is 3. The third-order valence-corrected chi connectivity index (χ3v) is 2.55. The van der Waals surface area contributed by atoms with E-state index in [0.717, 1.165) is 26.1 Å². The number of nitrogens with zero attached hydrogens (tertiary/aromatic N) is 1. The molecule has 0 aliphatic carbocycles. The van der Waals surface area contributed by atoms with Crippen molar-refractivity contribution in [2.45, 2.75) is 33.2 Å². The highest BCUT2D eigenvalue weighted by atomic mass is 16.1. The molecule has 1 atom stereocenters. The molecule has 2 N–H and O–H groups in total. The van der Waals surface area contributed by atoms with Gasteiger partial charge in [0.05, 0.1) is 0 Å². The third kappa shape index (κ3) is 7.65. The summed E-state index contributed by atoms with van der Waals surface area (Å²) in [5, 5.41) is 6.06. The fourth-order valence-corrected chi connectivity index (χ4v) is 1.63. The van der Waals surface area contributed by atoms with E-state index in [1.54, 1.807) is 7.05 Å². The Morgan fingerprint density at radius 3 is 2.44 bits per heavy atom. The van der Waals surface area contributed by atoms with E-state index < -0.39 is 0 Å². The van der Waals surface area contributed by atoms with Gasteiger partial charge in [0, 0.05) is 25.6 Å². The smallest absolute Gasteiger partial charge is 0.223 e. The van der Waals surface area contributed by atoms with Crippen LogP contribution in [0.5, 0.6) is 0 Å². The molecule has 16 heavy (non-hydrogen) atoms. The Balaban J connectivity index is 3.58. The molecule has 0 aliphatic rings. The summed E-state index contributed by atoms with van der Waals surface area (Å²) < 4.78 is 0. The average molecular weight is 229 g/mol. The first kappa shape index (κ1) is 15.4. The second-order valence-corrected chi connectivity index (χ2v) is 4.74. The lowest BCUT2D eigenvalue weighted by Crippen LogP contribution is -2.35. The van der Waals surface area contributed by atoms with Crippen LogP contribution in [-0.2, 0) is 4.79 Å². The Morgan fingerprint density at radius 2 is 1.94 bits per heavy atom. The third-order valence-electron chi connectivity index (χ3n) is 2.55. The van der Waals surface area contributed by atoms with Gasteiger partial charge in [0.2, 0.25) is 5.91 Å². The average Bonchev–Trinajstić information content (AvgIpc) is 2.22. The lowest BCUT2D eigenvalue weighted by atomic mass is 10.1. The largest absolute Gasteiger partial charge is 0.359 e. The number of rotatable bonds is 8. The summed E-state index contributed by atoms with van der Waals surface area (Å²) in [6, 6.07) is 0.551. The first-order chi connectivity index (χ1) is 7.47. The standard InChI is InChI=1S/C12H27N3O/c1-10(2)14-7-6-8-15(5)9-11(3)12(16)13-4/h10-11,14H,6-9H2,1-5H3,(H,13,16). The minimum atomic E-state index is 0.0630. The molecule has 1 amide bonds. The van der Waals surface area contributed by atoms with Crippen LogP contribution in [0, 0.1) is 5.92 Å². The van der Waals surface area contributed by atoms with Crippen molar-refractivity contribution >= 4 is 5.91 Å². The van der Waals surface area contributed by atoms with Gasteiger partial charge < -0.3 is 15.5 Å². The van der Waals surface area contributed by atoms with Crippen LogP contribution in [0.3, 0.4) is 0 Å². The van der Waals surface area contributed by atoms with Crippen molar-refractivity contribution in [3.05, 3.63) is 0 Å². The molecule has 0 aromatic heterocycles. The van der Waals surface area contributed by atoms with Gasteiger partial charge in [0.15, 0.2) is 0 Å². The van der Waals surface area contributed by atoms with Gasteiger partial charge in [0.25, 0.3) is 0 Å². The van der Waals surface area contributed by atoms with Crippen LogP contribution in [0.1, 0.15) is 27.2 Å². The van der Waals surface area contributed by atoms with E-state index in [1.807, 2.05) is 6.92 Å². The normalized spacial score (nSPS) is 13.2. The van der Waals surface area contributed by atoms with E-state index in [2.05, 4.69) is 36.4 Å². The Bertz CT molecular complexity index is 195.